The van der Waals surface area contributed by atoms with Crippen molar-refractivity contribution in [1.29, 1.82) is 0 Å². The Balaban J connectivity index is 1.59. The van der Waals surface area contributed by atoms with Gasteiger partial charge in [-0.15, -0.1) is 23.1 Å². The maximum absolute atomic E-state index is 4.76. The normalized spacial score (nSPS) is 18.9. The standard InChI is InChI=1S/C15H18N2S2/c1-11-4-6-12(7-5-11)18-10-15-17-14(9-19-15)13-3-2-8-16-13/h4-7,9,13,16H,2-3,8,10H2,1H3/t13-/m0/s1. The van der Waals surface area contributed by atoms with Gasteiger partial charge in [-0.25, -0.2) is 4.98 Å². The second-order valence-electron chi connectivity index (χ2n) is 4.92. The smallest absolute Gasteiger partial charge is 0.103 e. The number of hydrogen-bond acceptors (Lipinski definition) is 4. The highest BCUT2D eigenvalue weighted by Crippen LogP contribution is 2.28. The molecule has 1 aliphatic rings. The number of aromatic nitrogens is 1. The largest absolute Gasteiger partial charge is 0.309 e. The summed E-state index contributed by atoms with van der Waals surface area (Å²) in [5.41, 5.74) is 2.55. The van der Waals surface area contributed by atoms with Gasteiger partial charge in [0.1, 0.15) is 5.01 Å². The van der Waals surface area contributed by atoms with E-state index in [1.807, 2.05) is 11.8 Å². The lowest BCUT2D eigenvalue weighted by Crippen LogP contribution is -2.13. The van der Waals surface area contributed by atoms with Crippen LogP contribution < -0.4 is 5.32 Å². The molecule has 3 rings (SSSR count). The molecule has 1 aromatic heterocycles. The van der Waals surface area contributed by atoms with Crippen LogP contribution in [0.15, 0.2) is 34.5 Å². The van der Waals surface area contributed by atoms with Crippen LogP contribution in [-0.2, 0) is 5.75 Å². The number of aryl methyl sites for hydroxylation is 1. The molecule has 1 atom stereocenters. The fourth-order valence-corrected chi connectivity index (χ4v) is 4.03. The number of rotatable bonds is 4. The molecule has 0 amide bonds. The maximum Gasteiger partial charge on any atom is 0.103 e. The van der Waals surface area contributed by atoms with Gasteiger partial charge in [0.15, 0.2) is 0 Å². The van der Waals surface area contributed by atoms with Crippen molar-refractivity contribution < 1.29 is 0 Å². The van der Waals surface area contributed by atoms with Gasteiger partial charge in [0.25, 0.3) is 0 Å². The van der Waals surface area contributed by atoms with Crippen LogP contribution in [0.5, 0.6) is 0 Å². The Morgan fingerprint density at radius 3 is 2.95 bits per heavy atom. The molecule has 0 aliphatic carbocycles. The summed E-state index contributed by atoms with van der Waals surface area (Å²) in [6.07, 6.45) is 2.50. The third-order valence-electron chi connectivity index (χ3n) is 3.37. The van der Waals surface area contributed by atoms with Gasteiger partial charge in [0.05, 0.1) is 17.5 Å². The molecule has 0 radical (unpaired) electrons. The van der Waals surface area contributed by atoms with E-state index in [2.05, 4.69) is 41.9 Å². The van der Waals surface area contributed by atoms with E-state index in [1.165, 1.54) is 34.0 Å². The van der Waals surface area contributed by atoms with Crippen molar-refractivity contribution in [1.82, 2.24) is 10.3 Å². The molecule has 2 nitrogen and oxygen atoms in total. The van der Waals surface area contributed by atoms with Crippen LogP contribution in [-0.4, -0.2) is 11.5 Å². The van der Waals surface area contributed by atoms with E-state index in [0.717, 1.165) is 12.3 Å². The van der Waals surface area contributed by atoms with Crippen LogP contribution in [0.4, 0.5) is 0 Å². The van der Waals surface area contributed by atoms with Gasteiger partial charge in [-0.3, -0.25) is 0 Å². The molecule has 0 saturated carbocycles. The lowest BCUT2D eigenvalue weighted by Gasteiger charge is -2.05. The van der Waals surface area contributed by atoms with Crippen molar-refractivity contribution >= 4 is 23.1 Å². The minimum Gasteiger partial charge on any atom is -0.309 e. The highest BCUT2D eigenvalue weighted by atomic mass is 32.2. The van der Waals surface area contributed by atoms with Gasteiger partial charge in [-0.05, 0) is 38.4 Å². The maximum atomic E-state index is 4.76. The first-order valence-corrected chi connectivity index (χ1v) is 8.55. The molecular formula is C15H18N2S2. The van der Waals surface area contributed by atoms with Gasteiger partial charge in [0, 0.05) is 10.3 Å². The number of benzene rings is 1. The zero-order valence-corrected chi connectivity index (χ0v) is 12.7. The second-order valence-corrected chi connectivity index (χ2v) is 6.91. The lowest BCUT2D eigenvalue weighted by atomic mass is 10.2. The summed E-state index contributed by atoms with van der Waals surface area (Å²) in [6.45, 7) is 3.26. The fourth-order valence-electron chi connectivity index (χ4n) is 2.27. The van der Waals surface area contributed by atoms with Crippen molar-refractivity contribution in [3.63, 3.8) is 0 Å². The summed E-state index contributed by atoms with van der Waals surface area (Å²) in [4.78, 5) is 6.08. The van der Waals surface area contributed by atoms with Crippen LogP contribution in [0.3, 0.4) is 0 Å². The van der Waals surface area contributed by atoms with Crippen molar-refractivity contribution in [3.8, 4) is 0 Å². The molecule has 1 N–H and O–H groups in total. The molecule has 1 saturated heterocycles. The molecule has 1 aliphatic heterocycles. The predicted octanol–water partition coefficient (Wildman–Crippen LogP) is 4.17. The summed E-state index contributed by atoms with van der Waals surface area (Å²) >= 11 is 3.65. The van der Waals surface area contributed by atoms with Crippen molar-refractivity contribution in [2.24, 2.45) is 0 Å². The molecule has 1 fully saturated rings. The highest BCUT2D eigenvalue weighted by molar-refractivity contribution is 7.98. The summed E-state index contributed by atoms with van der Waals surface area (Å²) in [7, 11) is 0. The summed E-state index contributed by atoms with van der Waals surface area (Å²) < 4.78 is 0. The molecule has 0 unspecified atom stereocenters. The molecule has 100 valence electrons. The number of hydrogen-bond donors (Lipinski definition) is 1. The van der Waals surface area contributed by atoms with Crippen molar-refractivity contribution in [3.05, 3.63) is 45.9 Å². The average molecular weight is 290 g/mol. The Bertz CT molecular complexity index is 527. The van der Waals surface area contributed by atoms with E-state index in [9.17, 15) is 0 Å². The van der Waals surface area contributed by atoms with Gasteiger partial charge in [-0.2, -0.15) is 0 Å². The Morgan fingerprint density at radius 2 is 2.21 bits per heavy atom. The van der Waals surface area contributed by atoms with Gasteiger partial charge >= 0.3 is 0 Å². The Morgan fingerprint density at radius 1 is 1.37 bits per heavy atom. The first-order chi connectivity index (χ1) is 9.31. The summed E-state index contributed by atoms with van der Waals surface area (Å²) in [5.74, 6) is 0.973. The van der Waals surface area contributed by atoms with E-state index in [-0.39, 0.29) is 0 Å². The topological polar surface area (TPSA) is 24.9 Å². The van der Waals surface area contributed by atoms with E-state index < -0.39 is 0 Å². The molecule has 2 aromatic rings. The quantitative estimate of drug-likeness (QED) is 0.856. The summed E-state index contributed by atoms with van der Waals surface area (Å²) in [6, 6.07) is 9.20. The molecule has 4 heteroatoms. The van der Waals surface area contributed by atoms with Crippen LogP contribution in [0.25, 0.3) is 0 Å². The molecule has 0 bridgehead atoms. The third kappa shape index (κ3) is 3.38. The number of thioether (sulfide) groups is 1. The second kappa shape index (κ2) is 6.07. The van der Waals surface area contributed by atoms with E-state index in [0.29, 0.717) is 6.04 Å². The predicted molar refractivity (Wildman–Crippen MR) is 82.8 cm³/mol. The molecule has 2 heterocycles. The Kier molecular flexibility index (Phi) is 4.21. The minimum atomic E-state index is 0.495. The monoisotopic (exact) mass is 290 g/mol. The van der Waals surface area contributed by atoms with E-state index in [4.69, 9.17) is 4.98 Å². The van der Waals surface area contributed by atoms with Crippen LogP contribution in [0.1, 0.15) is 35.1 Å². The molecule has 1 aromatic carbocycles. The van der Waals surface area contributed by atoms with Crippen molar-refractivity contribution in [2.75, 3.05) is 6.54 Å². The third-order valence-corrected chi connectivity index (χ3v) is 5.44. The average Bonchev–Trinajstić information content (AvgIpc) is 3.09. The zero-order valence-electron chi connectivity index (χ0n) is 11.1. The highest BCUT2D eigenvalue weighted by Gasteiger charge is 2.18. The van der Waals surface area contributed by atoms with Crippen molar-refractivity contribution in [2.45, 2.75) is 36.5 Å². The first kappa shape index (κ1) is 13.2. The van der Waals surface area contributed by atoms with Gasteiger partial charge in [-0.1, -0.05) is 17.7 Å². The minimum absolute atomic E-state index is 0.495. The van der Waals surface area contributed by atoms with Gasteiger partial charge < -0.3 is 5.32 Å². The molecular weight excluding hydrogens is 272 g/mol. The fraction of sp³-hybridized carbons (Fsp3) is 0.400. The Labute approximate surface area is 122 Å². The lowest BCUT2D eigenvalue weighted by molar-refractivity contribution is 0.630. The van der Waals surface area contributed by atoms with Crippen LogP contribution >= 0.6 is 23.1 Å². The van der Waals surface area contributed by atoms with E-state index in [1.54, 1.807) is 11.3 Å². The number of nitrogens with one attached hydrogen (secondary N) is 1. The molecule has 19 heavy (non-hydrogen) atoms. The SMILES string of the molecule is Cc1ccc(SCc2nc([C@@H]3CCCN3)cs2)cc1. The first-order valence-electron chi connectivity index (χ1n) is 6.68. The van der Waals surface area contributed by atoms with E-state index >= 15 is 0 Å². The summed E-state index contributed by atoms with van der Waals surface area (Å²) in [5, 5.41) is 6.95. The van der Waals surface area contributed by atoms with Crippen LogP contribution in [0, 0.1) is 6.92 Å². The number of nitrogens with zero attached hydrogens (tertiary/aromatic N) is 1. The molecule has 0 spiro atoms. The number of thiazole rings is 1. The van der Waals surface area contributed by atoms with Gasteiger partial charge in [0.2, 0.25) is 0 Å². The Hall–Kier alpha value is -0.840. The zero-order chi connectivity index (χ0) is 13.1. The van der Waals surface area contributed by atoms with Crippen LogP contribution in [0.2, 0.25) is 0 Å².